The molecule has 0 aromatic heterocycles. The fourth-order valence-corrected chi connectivity index (χ4v) is 5.61. The Balaban J connectivity index is 1.91. The van der Waals surface area contributed by atoms with Crippen molar-refractivity contribution in [2.45, 2.75) is 31.6 Å². The Morgan fingerprint density at radius 1 is 1.25 bits per heavy atom. The minimum absolute atomic E-state index is 0.0419. The summed E-state index contributed by atoms with van der Waals surface area (Å²) in [5, 5.41) is 13.7. The Hall–Kier alpha value is -3.08. The monoisotopic (exact) mass is 508 g/mol. The van der Waals surface area contributed by atoms with E-state index >= 15 is 0 Å². The van der Waals surface area contributed by atoms with E-state index in [0.29, 0.717) is 52.5 Å². The third kappa shape index (κ3) is 2.57. The molecule has 1 amide bonds. The van der Waals surface area contributed by atoms with Gasteiger partial charge in [0, 0.05) is 38.4 Å². The van der Waals surface area contributed by atoms with Crippen LogP contribution < -0.4 is 16.0 Å². The molecular weight excluding hydrogens is 492 g/mol. The lowest BCUT2D eigenvalue weighted by molar-refractivity contribution is -0.122. The van der Waals surface area contributed by atoms with Crippen molar-refractivity contribution < 1.29 is 9.59 Å². The van der Waals surface area contributed by atoms with E-state index in [1.807, 2.05) is 13.0 Å². The average molecular weight is 510 g/mol. The zero-order chi connectivity index (χ0) is 22.8. The molecule has 3 N–H and O–H groups in total. The number of fused-ring (bicyclic) bond motifs is 3. The smallest absolute Gasteiger partial charge is 0.245 e. The Labute approximate surface area is 198 Å². The first-order chi connectivity index (χ1) is 15.3. The van der Waals surface area contributed by atoms with Crippen LogP contribution in [-0.2, 0) is 15.0 Å². The van der Waals surface area contributed by atoms with Crippen LogP contribution in [0, 0.1) is 18.3 Å². The normalized spacial score (nSPS) is 22.1. The molecule has 160 valence electrons. The Morgan fingerprint density at radius 3 is 2.78 bits per heavy atom. The second-order valence-electron chi connectivity index (χ2n) is 8.08. The Bertz CT molecular complexity index is 1340. The standard InChI is InChI=1S/C24H18BrClN4O2/c1-12-16(26)4-2-5-18(12)30-19-6-3-7-20(31)21(19)24(15(11-27)22(30)28)14-10-13(25)8-9-17(14)29-23(24)32/h2,4-5,8-10H,3,6-7,28H2,1H3,(H,29,32). The Morgan fingerprint density at radius 2 is 2.03 bits per heavy atom. The van der Waals surface area contributed by atoms with Gasteiger partial charge in [-0.05, 0) is 55.7 Å². The molecule has 0 radical (unpaired) electrons. The van der Waals surface area contributed by atoms with E-state index in [1.54, 1.807) is 35.2 Å². The molecule has 8 heteroatoms. The highest BCUT2D eigenvalue weighted by atomic mass is 79.9. The van der Waals surface area contributed by atoms with Crippen molar-refractivity contribution in [3.8, 4) is 6.07 Å². The predicted octanol–water partition coefficient (Wildman–Crippen LogP) is 4.82. The number of Topliss-reactive ketones (excluding diaryl/α,β-unsaturated/α-hetero) is 1. The van der Waals surface area contributed by atoms with Gasteiger partial charge in [-0.15, -0.1) is 0 Å². The maximum Gasteiger partial charge on any atom is 0.245 e. The number of allylic oxidation sites excluding steroid dienone is 1. The lowest BCUT2D eigenvalue weighted by Gasteiger charge is -2.44. The summed E-state index contributed by atoms with van der Waals surface area (Å²) in [7, 11) is 0. The molecule has 5 rings (SSSR count). The molecule has 0 bridgehead atoms. The highest BCUT2D eigenvalue weighted by molar-refractivity contribution is 9.10. The number of nitriles is 1. The molecule has 0 saturated heterocycles. The molecule has 1 atom stereocenters. The summed E-state index contributed by atoms with van der Waals surface area (Å²) >= 11 is 9.85. The SMILES string of the molecule is Cc1c(Cl)cccc1N1C(N)=C(C#N)C2(C(=O)Nc3ccc(Br)cc32)C2=C1CCCC2=O. The summed E-state index contributed by atoms with van der Waals surface area (Å²) in [6, 6.07) is 13.0. The van der Waals surface area contributed by atoms with Crippen molar-refractivity contribution in [3.05, 3.63) is 79.7 Å². The number of anilines is 2. The Kier molecular flexibility index (Phi) is 4.70. The lowest BCUT2D eigenvalue weighted by Crippen LogP contribution is -2.50. The summed E-state index contributed by atoms with van der Waals surface area (Å²) in [6.07, 6.45) is 1.48. The molecule has 1 aliphatic carbocycles. The quantitative estimate of drug-likeness (QED) is 0.574. The second-order valence-corrected chi connectivity index (χ2v) is 9.41. The van der Waals surface area contributed by atoms with Crippen molar-refractivity contribution in [1.29, 1.82) is 5.26 Å². The number of ketones is 1. The summed E-state index contributed by atoms with van der Waals surface area (Å²) in [4.78, 5) is 28.8. The number of carbonyl (C=O) groups excluding carboxylic acids is 2. The molecule has 3 aliphatic rings. The van der Waals surface area contributed by atoms with Crippen LogP contribution in [0.25, 0.3) is 0 Å². The third-order valence-corrected chi connectivity index (χ3v) is 7.37. The van der Waals surface area contributed by atoms with Crippen LogP contribution in [0.4, 0.5) is 11.4 Å². The maximum atomic E-state index is 13.6. The second kappa shape index (κ2) is 7.22. The van der Waals surface area contributed by atoms with Gasteiger partial charge in [0.25, 0.3) is 0 Å². The first-order valence-electron chi connectivity index (χ1n) is 10.2. The van der Waals surface area contributed by atoms with Gasteiger partial charge in [0.05, 0.1) is 11.3 Å². The summed E-state index contributed by atoms with van der Waals surface area (Å²) in [5.41, 5.74) is 8.67. The zero-order valence-corrected chi connectivity index (χ0v) is 19.5. The topological polar surface area (TPSA) is 99.2 Å². The number of carbonyl (C=O) groups is 2. The number of nitrogens with one attached hydrogen (secondary N) is 1. The van der Waals surface area contributed by atoms with Gasteiger partial charge in [-0.1, -0.05) is 33.6 Å². The third-order valence-electron chi connectivity index (χ3n) is 6.47. The number of hydrogen-bond acceptors (Lipinski definition) is 5. The molecule has 2 aliphatic heterocycles. The highest BCUT2D eigenvalue weighted by Crippen LogP contribution is 2.55. The maximum absolute atomic E-state index is 13.6. The van der Waals surface area contributed by atoms with Crippen molar-refractivity contribution in [2.24, 2.45) is 5.73 Å². The van der Waals surface area contributed by atoms with Gasteiger partial charge in [-0.3, -0.25) is 14.5 Å². The van der Waals surface area contributed by atoms with Crippen molar-refractivity contribution in [3.63, 3.8) is 0 Å². The van der Waals surface area contributed by atoms with Gasteiger partial charge in [0.15, 0.2) is 5.78 Å². The number of benzene rings is 2. The first-order valence-corrected chi connectivity index (χ1v) is 11.3. The molecule has 0 saturated carbocycles. The van der Waals surface area contributed by atoms with Crippen LogP contribution in [0.1, 0.15) is 30.4 Å². The first kappa shape index (κ1) is 20.8. The number of halogens is 2. The van der Waals surface area contributed by atoms with E-state index in [-0.39, 0.29) is 17.2 Å². The van der Waals surface area contributed by atoms with E-state index in [0.717, 1.165) is 10.0 Å². The number of amides is 1. The summed E-state index contributed by atoms with van der Waals surface area (Å²) < 4.78 is 0.738. The molecule has 1 unspecified atom stereocenters. The van der Waals surface area contributed by atoms with Crippen LogP contribution in [0.5, 0.6) is 0 Å². The highest BCUT2D eigenvalue weighted by Gasteiger charge is 2.60. The van der Waals surface area contributed by atoms with Gasteiger partial charge in [-0.25, -0.2) is 0 Å². The van der Waals surface area contributed by atoms with Gasteiger partial charge >= 0.3 is 0 Å². The molecule has 2 heterocycles. The summed E-state index contributed by atoms with van der Waals surface area (Å²) in [5.74, 6) is -0.455. The lowest BCUT2D eigenvalue weighted by atomic mass is 9.64. The molecule has 0 fully saturated rings. The number of nitrogens with two attached hydrogens (primary N) is 1. The van der Waals surface area contributed by atoms with Gasteiger partial charge in [0.2, 0.25) is 5.91 Å². The van der Waals surface area contributed by atoms with Gasteiger partial charge in [0.1, 0.15) is 17.3 Å². The van der Waals surface area contributed by atoms with E-state index < -0.39 is 11.3 Å². The molecular formula is C24H18BrClN4O2. The fourth-order valence-electron chi connectivity index (χ4n) is 5.08. The van der Waals surface area contributed by atoms with Crippen molar-refractivity contribution in [1.82, 2.24) is 0 Å². The number of nitrogens with zero attached hydrogens (tertiary/aromatic N) is 2. The zero-order valence-electron chi connectivity index (χ0n) is 17.1. The van der Waals surface area contributed by atoms with E-state index in [9.17, 15) is 14.9 Å². The van der Waals surface area contributed by atoms with Crippen molar-refractivity contribution >= 4 is 50.6 Å². The number of rotatable bonds is 1. The molecule has 2 aromatic carbocycles. The predicted molar refractivity (Wildman–Crippen MR) is 126 cm³/mol. The van der Waals surface area contributed by atoms with E-state index in [2.05, 4.69) is 27.3 Å². The minimum Gasteiger partial charge on any atom is -0.384 e. The van der Waals surface area contributed by atoms with Gasteiger partial charge in [-0.2, -0.15) is 5.26 Å². The van der Waals surface area contributed by atoms with Crippen LogP contribution in [0.15, 0.2) is 63.5 Å². The van der Waals surface area contributed by atoms with Crippen LogP contribution in [-0.4, -0.2) is 11.7 Å². The van der Waals surface area contributed by atoms with Crippen molar-refractivity contribution in [2.75, 3.05) is 10.2 Å². The van der Waals surface area contributed by atoms with Crippen LogP contribution >= 0.6 is 27.5 Å². The van der Waals surface area contributed by atoms with Crippen LogP contribution in [0.3, 0.4) is 0 Å². The largest absolute Gasteiger partial charge is 0.384 e. The molecule has 6 nitrogen and oxygen atoms in total. The fraction of sp³-hybridized carbons (Fsp3) is 0.208. The molecule has 1 spiro atoms. The molecule has 2 aromatic rings. The molecule has 32 heavy (non-hydrogen) atoms. The number of hydrogen-bond donors (Lipinski definition) is 2. The van der Waals surface area contributed by atoms with E-state index in [1.165, 1.54) is 0 Å². The van der Waals surface area contributed by atoms with Gasteiger partial charge < -0.3 is 11.1 Å². The summed E-state index contributed by atoms with van der Waals surface area (Å²) in [6.45, 7) is 1.86. The average Bonchev–Trinajstić information content (AvgIpc) is 3.03. The van der Waals surface area contributed by atoms with E-state index in [4.69, 9.17) is 17.3 Å². The van der Waals surface area contributed by atoms with Crippen LogP contribution in [0.2, 0.25) is 5.02 Å². The minimum atomic E-state index is -1.58.